The molecule has 2 aromatic rings. The number of halogens is 3. The number of amides is 3. The van der Waals surface area contributed by atoms with Crippen molar-refractivity contribution >= 4 is 35.0 Å². The first-order valence-electron chi connectivity index (χ1n) is 10.1. The number of nitriles is 1. The molecule has 0 radical (unpaired) electrons. The second-order valence-corrected chi connectivity index (χ2v) is 8.25. The van der Waals surface area contributed by atoms with E-state index in [-0.39, 0.29) is 17.2 Å². The van der Waals surface area contributed by atoms with Gasteiger partial charge in [-0.25, -0.2) is 8.78 Å². The Balaban J connectivity index is 1.49. The van der Waals surface area contributed by atoms with Gasteiger partial charge in [-0.1, -0.05) is 11.6 Å². The van der Waals surface area contributed by atoms with Crippen molar-refractivity contribution in [3.05, 3.63) is 58.4 Å². The molecule has 0 spiro atoms. The number of carbonyl (C=O) groups is 3. The third-order valence-electron chi connectivity index (χ3n) is 5.62. The van der Waals surface area contributed by atoms with Crippen LogP contribution in [0.1, 0.15) is 32.7 Å². The zero-order chi connectivity index (χ0) is 23.8. The van der Waals surface area contributed by atoms with Gasteiger partial charge in [0.15, 0.2) is 0 Å². The molecule has 0 saturated carbocycles. The van der Waals surface area contributed by atoms with E-state index in [9.17, 15) is 23.2 Å². The summed E-state index contributed by atoms with van der Waals surface area (Å²) >= 11 is 6.01. The number of rotatable bonds is 4. The molecule has 1 atom stereocenters. The van der Waals surface area contributed by atoms with Crippen LogP contribution in [-0.2, 0) is 11.2 Å². The van der Waals surface area contributed by atoms with E-state index in [1.165, 1.54) is 23.4 Å². The summed E-state index contributed by atoms with van der Waals surface area (Å²) in [6.07, 6.45) is 2.54. The van der Waals surface area contributed by atoms with E-state index < -0.39 is 43.3 Å². The third-order valence-corrected chi connectivity index (χ3v) is 5.86. The molecule has 1 fully saturated rings. The number of carbonyl (C=O) groups excluding carboxylic acids is 3. The van der Waals surface area contributed by atoms with Gasteiger partial charge in [0.2, 0.25) is 5.91 Å². The number of anilines is 1. The Morgan fingerprint density at radius 3 is 2.88 bits per heavy atom. The lowest BCUT2D eigenvalue weighted by atomic mass is 9.98. The molecule has 8 nitrogen and oxygen atoms in total. The molecular weight excluding hydrogens is 456 g/mol. The quantitative estimate of drug-likeness (QED) is 0.734. The maximum Gasteiger partial charge on any atom is 0.268 e. The van der Waals surface area contributed by atoms with E-state index >= 15 is 0 Å². The Bertz CT molecular complexity index is 1180. The van der Waals surface area contributed by atoms with Crippen molar-refractivity contribution in [1.29, 1.82) is 5.26 Å². The fraction of sp³-hybridized carbons (Fsp3) is 0.318. The van der Waals surface area contributed by atoms with Crippen LogP contribution in [0.4, 0.5) is 14.5 Å². The summed E-state index contributed by atoms with van der Waals surface area (Å²) in [5, 5.41) is 12.0. The number of likely N-dealkylation sites (tertiary alicyclic amines) is 1. The average molecular weight is 474 g/mol. The molecule has 33 heavy (non-hydrogen) atoms. The molecule has 3 amide bonds. The van der Waals surface area contributed by atoms with Crippen LogP contribution in [0.25, 0.3) is 0 Å². The second kappa shape index (κ2) is 8.75. The zero-order valence-electron chi connectivity index (χ0n) is 17.2. The summed E-state index contributed by atoms with van der Waals surface area (Å²) in [7, 11) is 0. The zero-order valence-corrected chi connectivity index (χ0v) is 18.0. The topological polar surface area (TPSA) is 106 Å². The second-order valence-electron chi connectivity index (χ2n) is 7.81. The molecule has 1 N–H and O–H groups in total. The van der Waals surface area contributed by atoms with E-state index in [0.717, 1.165) is 10.5 Å². The first-order valence-corrected chi connectivity index (χ1v) is 10.5. The average Bonchev–Trinajstić information content (AvgIpc) is 3.12. The van der Waals surface area contributed by atoms with E-state index in [1.807, 2.05) is 0 Å². The van der Waals surface area contributed by atoms with Crippen LogP contribution in [-0.4, -0.2) is 59.2 Å². The number of hydrogen-bond donors (Lipinski definition) is 1. The van der Waals surface area contributed by atoms with E-state index in [1.54, 1.807) is 24.3 Å². The molecule has 1 saturated heterocycles. The highest BCUT2D eigenvalue weighted by Crippen LogP contribution is 2.32. The van der Waals surface area contributed by atoms with Crippen molar-refractivity contribution in [3.8, 4) is 6.07 Å². The van der Waals surface area contributed by atoms with Gasteiger partial charge >= 0.3 is 0 Å². The number of nitrogens with zero attached hydrogens (tertiary/aromatic N) is 4. The van der Waals surface area contributed by atoms with Crippen LogP contribution in [0.3, 0.4) is 0 Å². The highest BCUT2D eigenvalue weighted by molar-refractivity contribution is 6.30. The van der Waals surface area contributed by atoms with E-state index in [2.05, 4.69) is 10.3 Å². The van der Waals surface area contributed by atoms with Gasteiger partial charge in [-0.05, 0) is 36.2 Å². The number of nitrogens with one attached hydrogen (secondary N) is 1. The summed E-state index contributed by atoms with van der Waals surface area (Å²) in [5.41, 5.74) is 1.63. The predicted molar refractivity (Wildman–Crippen MR) is 114 cm³/mol. The van der Waals surface area contributed by atoms with Crippen LogP contribution in [0, 0.1) is 11.3 Å². The van der Waals surface area contributed by atoms with E-state index in [0.29, 0.717) is 23.6 Å². The fourth-order valence-corrected chi connectivity index (χ4v) is 4.22. The monoisotopic (exact) mass is 473 g/mol. The van der Waals surface area contributed by atoms with Crippen molar-refractivity contribution in [2.75, 3.05) is 24.5 Å². The molecule has 11 heteroatoms. The number of hydrogen-bond acceptors (Lipinski definition) is 5. The number of alkyl halides is 2. The molecule has 2 aliphatic rings. The normalized spacial score (nSPS) is 19.1. The Labute approximate surface area is 192 Å². The molecule has 1 aromatic heterocycles. The maximum atomic E-state index is 13.6. The van der Waals surface area contributed by atoms with Gasteiger partial charge < -0.3 is 15.1 Å². The number of aromatic nitrogens is 1. The SMILES string of the molecule is N#C[C@@H]1CC(F)(F)CN1C(=O)CNC(=O)c1ccncc1N1CCc2cc(Cl)ccc2C1=O. The molecule has 1 aromatic carbocycles. The van der Waals surface area contributed by atoms with Crippen LogP contribution >= 0.6 is 11.6 Å². The lowest BCUT2D eigenvalue weighted by Crippen LogP contribution is -2.43. The van der Waals surface area contributed by atoms with Gasteiger partial charge in [0, 0.05) is 29.7 Å². The number of fused-ring (bicyclic) bond motifs is 1. The number of benzene rings is 1. The van der Waals surface area contributed by atoms with Crippen molar-refractivity contribution in [2.24, 2.45) is 0 Å². The van der Waals surface area contributed by atoms with Crippen molar-refractivity contribution in [2.45, 2.75) is 24.8 Å². The van der Waals surface area contributed by atoms with Crippen LogP contribution in [0.2, 0.25) is 5.02 Å². The van der Waals surface area contributed by atoms with Crippen LogP contribution in [0.15, 0.2) is 36.7 Å². The van der Waals surface area contributed by atoms with Crippen molar-refractivity contribution in [1.82, 2.24) is 15.2 Å². The molecule has 170 valence electrons. The minimum atomic E-state index is -3.15. The maximum absolute atomic E-state index is 13.6. The Hall–Kier alpha value is -3.58. The lowest BCUT2D eigenvalue weighted by molar-refractivity contribution is -0.131. The Morgan fingerprint density at radius 1 is 1.33 bits per heavy atom. The minimum Gasteiger partial charge on any atom is -0.343 e. The highest BCUT2D eigenvalue weighted by Gasteiger charge is 2.47. The first kappa shape index (κ1) is 22.6. The molecule has 0 aliphatic carbocycles. The molecule has 2 aliphatic heterocycles. The summed E-state index contributed by atoms with van der Waals surface area (Å²) in [4.78, 5) is 44.4. The number of pyridine rings is 1. The van der Waals surface area contributed by atoms with Gasteiger partial charge in [0.05, 0.1) is 36.6 Å². The summed E-state index contributed by atoms with van der Waals surface area (Å²) in [6.45, 7) is -1.14. The first-order chi connectivity index (χ1) is 15.7. The third kappa shape index (κ3) is 4.50. The molecule has 3 heterocycles. The van der Waals surface area contributed by atoms with Gasteiger partial charge in [-0.2, -0.15) is 5.26 Å². The molecular formula is C22H18ClF2N5O3. The van der Waals surface area contributed by atoms with Crippen molar-refractivity contribution in [3.63, 3.8) is 0 Å². The summed E-state index contributed by atoms with van der Waals surface area (Å²) in [5.74, 6) is -4.92. The smallest absolute Gasteiger partial charge is 0.268 e. The van der Waals surface area contributed by atoms with E-state index in [4.69, 9.17) is 16.9 Å². The summed E-state index contributed by atoms with van der Waals surface area (Å²) in [6, 6.07) is 6.81. The van der Waals surface area contributed by atoms with Crippen molar-refractivity contribution < 1.29 is 23.2 Å². The van der Waals surface area contributed by atoms with Gasteiger partial charge in [0.1, 0.15) is 6.04 Å². The predicted octanol–water partition coefficient (Wildman–Crippen LogP) is 2.43. The van der Waals surface area contributed by atoms with Gasteiger partial charge in [0.25, 0.3) is 17.7 Å². The highest BCUT2D eigenvalue weighted by atomic mass is 35.5. The van der Waals surface area contributed by atoms with Crippen LogP contribution in [0.5, 0.6) is 0 Å². The van der Waals surface area contributed by atoms with Crippen LogP contribution < -0.4 is 10.2 Å². The lowest BCUT2D eigenvalue weighted by Gasteiger charge is -2.29. The standard InChI is InChI=1S/C22H18ClF2N5O3/c23-14-1-2-16-13(7-14)4-6-29(21(16)33)18-10-27-5-3-17(18)20(32)28-11-19(31)30-12-22(24,25)8-15(30)9-26/h1-3,5,7,10,15H,4,6,8,11-12H2,(H,28,32)/t15-/m0/s1. The molecule has 4 rings (SSSR count). The Kier molecular flexibility index (Phi) is 5.99. The summed E-state index contributed by atoms with van der Waals surface area (Å²) < 4.78 is 27.2. The fourth-order valence-electron chi connectivity index (χ4n) is 4.03. The molecule has 0 bridgehead atoms. The largest absolute Gasteiger partial charge is 0.343 e. The Morgan fingerprint density at radius 2 is 2.12 bits per heavy atom. The minimum absolute atomic E-state index is 0.104. The van der Waals surface area contributed by atoms with Gasteiger partial charge in [-0.3, -0.25) is 19.4 Å². The molecule has 0 unspecified atom stereocenters. The van der Waals surface area contributed by atoms with Gasteiger partial charge in [-0.15, -0.1) is 0 Å².